The number of hydrogen-bond acceptors (Lipinski definition) is 4. The van der Waals surface area contributed by atoms with Gasteiger partial charge in [0.05, 0.1) is 12.0 Å². The highest BCUT2D eigenvalue weighted by Crippen LogP contribution is 2.31. The van der Waals surface area contributed by atoms with Crippen molar-refractivity contribution in [1.29, 1.82) is 0 Å². The Bertz CT molecular complexity index is 700. The molecule has 118 valence electrons. The Morgan fingerprint density at radius 2 is 1.82 bits per heavy atom. The number of sulfonamides is 1. The third-order valence-corrected chi connectivity index (χ3v) is 6.78. The first-order valence-electron chi connectivity index (χ1n) is 7.27. The van der Waals surface area contributed by atoms with E-state index in [0.29, 0.717) is 29.7 Å². The van der Waals surface area contributed by atoms with E-state index in [9.17, 15) is 8.42 Å². The Morgan fingerprint density at radius 3 is 2.36 bits per heavy atom. The van der Waals surface area contributed by atoms with Crippen LogP contribution >= 0.6 is 11.3 Å². The average molecular weight is 337 g/mol. The first-order valence-corrected chi connectivity index (χ1v) is 9.66. The third kappa shape index (κ3) is 3.04. The number of piperidine rings is 1. The van der Waals surface area contributed by atoms with Gasteiger partial charge in [0.2, 0.25) is 10.0 Å². The van der Waals surface area contributed by atoms with Crippen molar-refractivity contribution in [2.45, 2.75) is 23.7 Å². The molecule has 6 heteroatoms. The molecule has 2 heterocycles. The zero-order chi connectivity index (χ0) is 15.6. The van der Waals surface area contributed by atoms with Gasteiger partial charge in [-0.05, 0) is 65.4 Å². The molecule has 1 aliphatic rings. The molecule has 4 nitrogen and oxygen atoms in total. The first kappa shape index (κ1) is 15.5. The predicted octanol–water partition coefficient (Wildman–Crippen LogP) is 3.33. The van der Waals surface area contributed by atoms with Crippen LogP contribution in [0.25, 0.3) is 0 Å². The summed E-state index contributed by atoms with van der Waals surface area (Å²) < 4.78 is 32.0. The molecule has 1 aromatic carbocycles. The summed E-state index contributed by atoms with van der Waals surface area (Å²) in [5.74, 6) is 1.14. The largest absolute Gasteiger partial charge is 0.497 e. The van der Waals surface area contributed by atoms with Gasteiger partial charge in [-0.3, -0.25) is 0 Å². The predicted molar refractivity (Wildman–Crippen MR) is 88.0 cm³/mol. The van der Waals surface area contributed by atoms with Crippen molar-refractivity contribution >= 4 is 21.4 Å². The van der Waals surface area contributed by atoms with Gasteiger partial charge in [-0.15, -0.1) is 0 Å². The van der Waals surface area contributed by atoms with E-state index >= 15 is 0 Å². The van der Waals surface area contributed by atoms with E-state index in [2.05, 4.69) is 16.8 Å². The van der Waals surface area contributed by atoms with Crippen molar-refractivity contribution in [2.75, 3.05) is 20.2 Å². The minimum atomic E-state index is -3.40. The molecule has 0 atom stereocenters. The molecule has 0 bridgehead atoms. The highest BCUT2D eigenvalue weighted by atomic mass is 32.2. The second kappa shape index (κ2) is 6.40. The molecule has 0 N–H and O–H groups in total. The Balaban J connectivity index is 1.71. The molecular formula is C16H19NO3S2. The van der Waals surface area contributed by atoms with Crippen molar-refractivity contribution in [1.82, 2.24) is 4.31 Å². The highest BCUT2D eigenvalue weighted by molar-refractivity contribution is 7.89. The number of methoxy groups -OCH3 is 1. The molecule has 3 rings (SSSR count). The lowest BCUT2D eigenvalue weighted by Gasteiger charge is -2.31. The molecule has 1 aliphatic heterocycles. The van der Waals surface area contributed by atoms with E-state index in [-0.39, 0.29) is 0 Å². The van der Waals surface area contributed by atoms with Crippen LogP contribution in [0.3, 0.4) is 0 Å². The molecule has 22 heavy (non-hydrogen) atoms. The van der Waals surface area contributed by atoms with Gasteiger partial charge < -0.3 is 4.74 Å². The van der Waals surface area contributed by atoms with Gasteiger partial charge in [0.25, 0.3) is 0 Å². The maximum Gasteiger partial charge on any atom is 0.243 e. The lowest BCUT2D eigenvalue weighted by Crippen LogP contribution is -2.37. The van der Waals surface area contributed by atoms with Gasteiger partial charge in [0, 0.05) is 13.1 Å². The minimum absolute atomic E-state index is 0.335. The van der Waals surface area contributed by atoms with Crippen LogP contribution in [0, 0.1) is 0 Å². The van der Waals surface area contributed by atoms with Crippen LogP contribution in [0.1, 0.15) is 24.3 Å². The summed E-state index contributed by atoms with van der Waals surface area (Å²) >= 11 is 1.70. The summed E-state index contributed by atoms with van der Waals surface area (Å²) in [6.07, 6.45) is 1.76. The van der Waals surface area contributed by atoms with Crippen LogP contribution in [0.2, 0.25) is 0 Å². The van der Waals surface area contributed by atoms with Gasteiger partial charge >= 0.3 is 0 Å². The summed E-state index contributed by atoms with van der Waals surface area (Å²) in [6, 6.07) is 8.73. The van der Waals surface area contributed by atoms with Crippen LogP contribution in [0.5, 0.6) is 5.75 Å². The molecule has 0 aliphatic carbocycles. The zero-order valence-corrected chi connectivity index (χ0v) is 14.1. The van der Waals surface area contributed by atoms with Crippen LogP contribution in [0.4, 0.5) is 0 Å². The van der Waals surface area contributed by atoms with Crippen molar-refractivity contribution in [3.05, 3.63) is 46.7 Å². The molecule has 1 fully saturated rings. The molecular weight excluding hydrogens is 318 g/mol. The van der Waals surface area contributed by atoms with Crippen LogP contribution in [-0.4, -0.2) is 32.9 Å². The van der Waals surface area contributed by atoms with Crippen LogP contribution in [0.15, 0.2) is 46.0 Å². The van der Waals surface area contributed by atoms with E-state index in [1.165, 1.54) is 5.56 Å². The van der Waals surface area contributed by atoms with Gasteiger partial charge in [-0.25, -0.2) is 8.42 Å². The third-order valence-electron chi connectivity index (χ3n) is 4.17. The Labute approximate surface area is 135 Å². The number of thiophene rings is 1. The lowest BCUT2D eigenvalue weighted by molar-refractivity contribution is 0.320. The minimum Gasteiger partial charge on any atom is -0.497 e. The fourth-order valence-electron chi connectivity index (χ4n) is 2.83. The number of benzene rings is 1. The molecule has 0 unspecified atom stereocenters. The smallest absolute Gasteiger partial charge is 0.243 e. The van der Waals surface area contributed by atoms with Crippen molar-refractivity contribution in [2.24, 2.45) is 0 Å². The van der Waals surface area contributed by atoms with Crippen LogP contribution < -0.4 is 4.74 Å². The molecule has 0 saturated carbocycles. The van der Waals surface area contributed by atoms with E-state index in [0.717, 1.165) is 12.8 Å². The number of rotatable bonds is 4. The normalized spacial score (nSPS) is 17.5. The SMILES string of the molecule is COc1ccc(S(=O)(=O)N2CCC(c3ccsc3)CC2)cc1. The molecule has 0 amide bonds. The van der Waals surface area contributed by atoms with E-state index in [1.807, 2.05) is 0 Å². The maximum atomic E-state index is 12.7. The van der Waals surface area contributed by atoms with Crippen molar-refractivity contribution < 1.29 is 13.2 Å². The second-order valence-electron chi connectivity index (χ2n) is 5.41. The molecule has 2 aromatic rings. The summed E-state index contributed by atoms with van der Waals surface area (Å²) in [4.78, 5) is 0.335. The van der Waals surface area contributed by atoms with E-state index < -0.39 is 10.0 Å². The molecule has 0 radical (unpaired) electrons. The topological polar surface area (TPSA) is 46.6 Å². The Hall–Kier alpha value is -1.37. The Kier molecular flexibility index (Phi) is 4.52. The first-order chi connectivity index (χ1) is 10.6. The molecule has 1 saturated heterocycles. The average Bonchev–Trinajstić information content (AvgIpc) is 3.09. The lowest BCUT2D eigenvalue weighted by atomic mass is 9.92. The summed E-state index contributed by atoms with van der Waals surface area (Å²) in [7, 11) is -1.83. The van der Waals surface area contributed by atoms with Gasteiger partial charge in [0.1, 0.15) is 5.75 Å². The second-order valence-corrected chi connectivity index (χ2v) is 8.13. The monoisotopic (exact) mass is 337 g/mol. The number of hydrogen-bond donors (Lipinski definition) is 0. The summed E-state index contributed by atoms with van der Waals surface area (Å²) in [5.41, 5.74) is 1.34. The highest BCUT2D eigenvalue weighted by Gasteiger charge is 2.29. The van der Waals surface area contributed by atoms with Crippen molar-refractivity contribution in [3.8, 4) is 5.75 Å². The Morgan fingerprint density at radius 1 is 1.14 bits per heavy atom. The molecule has 0 spiro atoms. The van der Waals surface area contributed by atoms with Crippen molar-refractivity contribution in [3.63, 3.8) is 0 Å². The standard InChI is InChI=1S/C16H19NO3S2/c1-20-15-2-4-16(5-3-15)22(18,19)17-9-6-13(7-10-17)14-8-11-21-12-14/h2-5,8,11-13H,6-7,9-10H2,1H3. The fourth-order valence-corrected chi connectivity index (χ4v) is 5.05. The van der Waals surface area contributed by atoms with Gasteiger partial charge in [-0.2, -0.15) is 15.6 Å². The summed E-state index contributed by atoms with van der Waals surface area (Å²) in [5, 5.41) is 4.24. The fraction of sp³-hybridized carbons (Fsp3) is 0.375. The maximum absolute atomic E-state index is 12.7. The van der Waals surface area contributed by atoms with Gasteiger partial charge in [0.15, 0.2) is 0 Å². The zero-order valence-electron chi connectivity index (χ0n) is 12.4. The van der Waals surface area contributed by atoms with Gasteiger partial charge in [-0.1, -0.05) is 0 Å². The van der Waals surface area contributed by atoms with Crippen LogP contribution in [-0.2, 0) is 10.0 Å². The number of ether oxygens (including phenoxy) is 1. The summed E-state index contributed by atoms with van der Waals surface area (Å²) in [6.45, 7) is 1.16. The van der Waals surface area contributed by atoms with E-state index in [1.54, 1.807) is 47.0 Å². The number of nitrogens with zero attached hydrogens (tertiary/aromatic N) is 1. The van der Waals surface area contributed by atoms with E-state index in [4.69, 9.17) is 4.74 Å². The quantitative estimate of drug-likeness (QED) is 0.860. The molecule has 1 aromatic heterocycles.